The second-order valence-corrected chi connectivity index (χ2v) is 4.90. The lowest BCUT2D eigenvalue weighted by molar-refractivity contribution is 0.112. The molecule has 3 rings (SSSR count). The Morgan fingerprint density at radius 2 is 1.74 bits per heavy atom. The van der Waals surface area contributed by atoms with Gasteiger partial charge in [0.15, 0.2) is 0 Å². The summed E-state index contributed by atoms with van der Waals surface area (Å²) in [6, 6.07) is 16.9. The van der Waals surface area contributed by atoms with E-state index in [1.165, 1.54) is 0 Å². The average molecular weight is 305 g/mol. The summed E-state index contributed by atoms with van der Waals surface area (Å²) in [4.78, 5) is 14.9. The summed E-state index contributed by atoms with van der Waals surface area (Å²) in [7, 11) is 0. The number of carbonyl (C=O) groups is 1. The van der Waals surface area contributed by atoms with Gasteiger partial charge in [0.05, 0.1) is 0 Å². The fourth-order valence-electron chi connectivity index (χ4n) is 2.00. The summed E-state index contributed by atoms with van der Waals surface area (Å²) in [6.45, 7) is 0.309. The second kappa shape index (κ2) is 7.22. The molecule has 4 nitrogen and oxygen atoms in total. The van der Waals surface area contributed by atoms with Crippen LogP contribution >= 0.6 is 0 Å². The highest BCUT2D eigenvalue weighted by Gasteiger charge is 2.02. The Balaban J connectivity index is 1.58. The van der Waals surface area contributed by atoms with Gasteiger partial charge >= 0.3 is 0 Å². The number of aldehydes is 1. The molecule has 0 N–H and O–H groups in total. The molecule has 1 heterocycles. The first-order valence-electron chi connectivity index (χ1n) is 7.19. The second-order valence-electron chi connectivity index (χ2n) is 4.90. The zero-order chi connectivity index (χ0) is 15.9. The van der Waals surface area contributed by atoms with Crippen molar-refractivity contribution in [2.24, 2.45) is 0 Å². The monoisotopic (exact) mass is 305 g/mol. The highest BCUT2D eigenvalue weighted by Crippen LogP contribution is 2.14. The quantitative estimate of drug-likeness (QED) is 0.639. The lowest BCUT2D eigenvalue weighted by Gasteiger charge is -2.03. The molecule has 0 saturated heterocycles. The molecule has 114 valence electrons. The van der Waals surface area contributed by atoms with E-state index in [-0.39, 0.29) is 0 Å². The van der Waals surface area contributed by atoms with Crippen LogP contribution in [0.25, 0.3) is 12.2 Å². The van der Waals surface area contributed by atoms with Crippen LogP contribution in [-0.4, -0.2) is 11.3 Å². The third-order valence-corrected chi connectivity index (χ3v) is 3.19. The highest BCUT2D eigenvalue weighted by atomic mass is 16.5. The summed E-state index contributed by atoms with van der Waals surface area (Å²) in [6.07, 6.45) is 6.13. The van der Waals surface area contributed by atoms with E-state index in [0.29, 0.717) is 29.5 Å². The van der Waals surface area contributed by atoms with Crippen LogP contribution in [-0.2, 0) is 6.61 Å². The van der Waals surface area contributed by atoms with Crippen molar-refractivity contribution in [3.63, 3.8) is 0 Å². The molecule has 0 bridgehead atoms. The molecule has 4 heteroatoms. The minimum atomic E-state index is 0.309. The van der Waals surface area contributed by atoms with Gasteiger partial charge in [-0.15, -0.1) is 0 Å². The van der Waals surface area contributed by atoms with Gasteiger partial charge in [-0.05, 0) is 35.9 Å². The van der Waals surface area contributed by atoms with Gasteiger partial charge in [0.1, 0.15) is 30.6 Å². The molecule has 0 unspecified atom stereocenters. The number of benzene rings is 2. The zero-order valence-electron chi connectivity index (χ0n) is 12.4. The Morgan fingerprint density at radius 1 is 0.957 bits per heavy atom. The molecule has 0 aliphatic carbocycles. The molecule has 2 aromatic carbocycles. The van der Waals surface area contributed by atoms with Crippen molar-refractivity contribution >= 4 is 18.4 Å². The number of ether oxygens (including phenoxy) is 1. The van der Waals surface area contributed by atoms with E-state index >= 15 is 0 Å². The maximum atomic E-state index is 10.6. The predicted octanol–water partition coefficient (Wildman–Crippen LogP) is 4.24. The van der Waals surface area contributed by atoms with Crippen LogP contribution in [0.4, 0.5) is 0 Å². The molecule has 0 aliphatic rings. The van der Waals surface area contributed by atoms with Gasteiger partial charge in [-0.3, -0.25) is 4.79 Å². The van der Waals surface area contributed by atoms with E-state index in [0.717, 1.165) is 11.8 Å². The average Bonchev–Trinajstić information content (AvgIpc) is 3.07. The van der Waals surface area contributed by atoms with Crippen LogP contribution < -0.4 is 4.74 Å². The van der Waals surface area contributed by atoms with Gasteiger partial charge in [-0.1, -0.05) is 30.3 Å². The molecule has 0 aliphatic heterocycles. The highest BCUT2D eigenvalue weighted by molar-refractivity contribution is 5.74. The Hall–Kier alpha value is -3.14. The summed E-state index contributed by atoms with van der Waals surface area (Å²) >= 11 is 0. The van der Waals surface area contributed by atoms with Gasteiger partial charge in [0.2, 0.25) is 5.89 Å². The summed E-state index contributed by atoms with van der Waals surface area (Å²) in [5.74, 6) is 1.21. The van der Waals surface area contributed by atoms with Crippen LogP contribution in [0.2, 0.25) is 0 Å². The van der Waals surface area contributed by atoms with E-state index in [2.05, 4.69) is 4.98 Å². The zero-order valence-corrected chi connectivity index (χ0v) is 12.4. The molecule has 0 fully saturated rings. The van der Waals surface area contributed by atoms with Crippen LogP contribution in [0.15, 0.2) is 65.3 Å². The van der Waals surface area contributed by atoms with Crippen LogP contribution in [0, 0.1) is 0 Å². The standard InChI is InChI=1S/C19H15NO3/c21-12-16-6-9-18(10-7-16)22-13-17-14-23-19(20-17)11-8-15-4-2-1-3-5-15/h1-12,14H,13H2/b11-8+. The maximum absolute atomic E-state index is 10.6. The molecule has 3 aromatic rings. The van der Waals surface area contributed by atoms with Gasteiger partial charge in [0.25, 0.3) is 0 Å². The van der Waals surface area contributed by atoms with Crippen LogP contribution in [0.1, 0.15) is 27.5 Å². The third-order valence-electron chi connectivity index (χ3n) is 3.19. The number of hydrogen-bond acceptors (Lipinski definition) is 4. The van der Waals surface area contributed by atoms with Crippen molar-refractivity contribution in [2.75, 3.05) is 0 Å². The number of aromatic nitrogens is 1. The van der Waals surface area contributed by atoms with Crippen LogP contribution in [0.3, 0.4) is 0 Å². The van der Waals surface area contributed by atoms with Crippen molar-refractivity contribution in [3.05, 3.63) is 83.6 Å². The molecule has 23 heavy (non-hydrogen) atoms. The van der Waals surface area contributed by atoms with Gasteiger partial charge in [-0.2, -0.15) is 0 Å². The number of oxazole rings is 1. The van der Waals surface area contributed by atoms with Crippen molar-refractivity contribution in [3.8, 4) is 5.75 Å². The Kier molecular flexibility index (Phi) is 4.64. The molecule has 0 saturated carbocycles. The molecule has 0 spiro atoms. The van der Waals surface area contributed by atoms with E-state index in [1.54, 1.807) is 30.5 Å². The first kappa shape index (κ1) is 14.8. The van der Waals surface area contributed by atoms with Crippen molar-refractivity contribution in [1.82, 2.24) is 4.98 Å². The summed E-state index contributed by atoms with van der Waals surface area (Å²) in [5.41, 5.74) is 2.41. The van der Waals surface area contributed by atoms with E-state index < -0.39 is 0 Å². The van der Waals surface area contributed by atoms with E-state index in [4.69, 9.17) is 9.15 Å². The Labute approximate surface area is 134 Å². The van der Waals surface area contributed by atoms with E-state index in [1.807, 2.05) is 42.5 Å². The fraction of sp³-hybridized carbons (Fsp3) is 0.0526. The van der Waals surface area contributed by atoms with Crippen molar-refractivity contribution in [2.45, 2.75) is 6.61 Å². The number of carbonyl (C=O) groups excluding carboxylic acids is 1. The lowest BCUT2D eigenvalue weighted by atomic mass is 10.2. The maximum Gasteiger partial charge on any atom is 0.218 e. The minimum Gasteiger partial charge on any atom is -0.487 e. The van der Waals surface area contributed by atoms with Crippen molar-refractivity contribution < 1.29 is 13.9 Å². The van der Waals surface area contributed by atoms with Gasteiger partial charge in [-0.25, -0.2) is 4.98 Å². The van der Waals surface area contributed by atoms with Gasteiger partial charge < -0.3 is 9.15 Å². The van der Waals surface area contributed by atoms with Crippen molar-refractivity contribution in [1.29, 1.82) is 0 Å². The first-order chi connectivity index (χ1) is 11.3. The Bertz CT molecular complexity index is 789. The molecule has 0 atom stereocenters. The number of rotatable bonds is 6. The molecule has 1 aromatic heterocycles. The number of hydrogen-bond donors (Lipinski definition) is 0. The summed E-state index contributed by atoms with van der Waals surface area (Å²) < 4.78 is 11.0. The summed E-state index contributed by atoms with van der Waals surface area (Å²) in [5, 5.41) is 0. The molecular formula is C19H15NO3. The lowest BCUT2D eigenvalue weighted by Crippen LogP contribution is -1.95. The fourth-order valence-corrected chi connectivity index (χ4v) is 2.00. The largest absolute Gasteiger partial charge is 0.487 e. The molecule has 0 radical (unpaired) electrons. The number of nitrogens with zero attached hydrogens (tertiary/aromatic N) is 1. The Morgan fingerprint density at radius 3 is 2.48 bits per heavy atom. The third kappa shape index (κ3) is 4.17. The predicted molar refractivity (Wildman–Crippen MR) is 88.0 cm³/mol. The first-order valence-corrected chi connectivity index (χ1v) is 7.19. The smallest absolute Gasteiger partial charge is 0.218 e. The molecular weight excluding hydrogens is 290 g/mol. The van der Waals surface area contributed by atoms with Crippen LogP contribution in [0.5, 0.6) is 5.75 Å². The normalized spacial score (nSPS) is 10.8. The minimum absolute atomic E-state index is 0.309. The van der Waals surface area contributed by atoms with E-state index in [9.17, 15) is 4.79 Å². The SMILES string of the molecule is O=Cc1ccc(OCc2coc(/C=C/c3ccccc3)n2)cc1. The molecule has 0 amide bonds. The topological polar surface area (TPSA) is 52.3 Å². The van der Waals surface area contributed by atoms with Gasteiger partial charge in [0, 0.05) is 11.6 Å².